The van der Waals surface area contributed by atoms with E-state index in [0.29, 0.717) is 5.56 Å². The number of aromatic nitrogens is 2. The summed E-state index contributed by atoms with van der Waals surface area (Å²) in [6.45, 7) is 1.42. The highest BCUT2D eigenvalue weighted by atomic mass is 16.6. The van der Waals surface area contributed by atoms with Crippen LogP contribution in [0.15, 0.2) is 34.2 Å². The molecule has 0 saturated heterocycles. The van der Waals surface area contributed by atoms with Crippen molar-refractivity contribution >= 4 is 29.1 Å². The van der Waals surface area contributed by atoms with Crippen LogP contribution in [0.1, 0.15) is 24.0 Å². The number of anilines is 2. The highest BCUT2D eigenvalue weighted by molar-refractivity contribution is 6.11. The average Bonchev–Trinajstić information content (AvgIpc) is 2.59. The molecule has 1 amide bonds. The minimum atomic E-state index is -1.05. The fraction of sp³-hybridized carbons (Fsp3) is 0.200. The van der Waals surface area contributed by atoms with E-state index in [4.69, 9.17) is 10.9 Å². The number of benzene rings is 1. The highest BCUT2D eigenvalue weighted by Gasteiger charge is 2.42. The quantitative estimate of drug-likeness (QED) is 0.271. The van der Waals surface area contributed by atoms with Crippen molar-refractivity contribution < 1.29 is 14.9 Å². The Morgan fingerprint density at radius 3 is 2.81 bits per heavy atom. The summed E-state index contributed by atoms with van der Waals surface area (Å²) in [7, 11) is 0. The summed E-state index contributed by atoms with van der Waals surface area (Å²) in [6.07, 6.45) is 0. The molecule has 0 aliphatic carbocycles. The van der Waals surface area contributed by atoms with Crippen LogP contribution >= 0.6 is 0 Å². The van der Waals surface area contributed by atoms with Crippen LogP contribution in [0.2, 0.25) is 0 Å². The topological polar surface area (TPSA) is 177 Å². The van der Waals surface area contributed by atoms with Crippen LogP contribution < -0.4 is 16.6 Å². The summed E-state index contributed by atoms with van der Waals surface area (Å²) in [6, 6.07) is 5.55. The molecule has 3 rings (SSSR count). The van der Waals surface area contributed by atoms with Crippen molar-refractivity contribution in [1.82, 2.24) is 9.97 Å². The van der Waals surface area contributed by atoms with Crippen LogP contribution in [0.4, 0.5) is 17.5 Å². The first-order chi connectivity index (χ1) is 12.3. The van der Waals surface area contributed by atoms with Crippen LogP contribution in [0.3, 0.4) is 0 Å². The van der Waals surface area contributed by atoms with Gasteiger partial charge in [-0.3, -0.25) is 24.7 Å². The second kappa shape index (κ2) is 6.27. The SMILES string of the molecule is C/C(=N\O)[C@@H]1C(=O)Nc2nc(N)[nH]c(=O)c2[C@H]1c1cccc([N+](=O)[O-])c1. The number of carbonyl (C=O) groups is 1. The zero-order valence-corrected chi connectivity index (χ0v) is 13.5. The van der Waals surface area contributed by atoms with Gasteiger partial charge in [-0.25, -0.2) is 0 Å². The van der Waals surface area contributed by atoms with Gasteiger partial charge >= 0.3 is 0 Å². The van der Waals surface area contributed by atoms with Crippen molar-refractivity contribution in [2.75, 3.05) is 11.1 Å². The second-order valence-electron chi connectivity index (χ2n) is 5.75. The zero-order chi connectivity index (χ0) is 19.0. The second-order valence-corrected chi connectivity index (χ2v) is 5.75. The molecule has 0 spiro atoms. The van der Waals surface area contributed by atoms with E-state index >= 15 is 0 Å². The van der Waals surface area contributed by atoms with E-state index < -0.39 is 28.2 Å². The van der Waals surface area contributed by atoms with Gasteiger partial charge in [-0.05, 0) is 12.5 Å². The molecule has 1 aromatic heterocycles. The number of aromatic amines is 1. The third-order valence-electron chi connectivity index (χ3n) is 4.19. The molecule has 26 heavy (non-hydrogen) atoms. The Morgan fingerprint density at radius 2 is 2.15 bits per heavy atom. The molecule has 11 heteroatoms. The lowest BCUT2D eigenvalue weighted by Crippen LogP contribution is -2.42. The van der Waals surface area contributed by atoms with E-state index in [1.54, 1.807) is 6.07 Å². The molecule has 0 fully saturated rings. The van der Waals surface area contributed by atoms with Crippen LogP contribution in [0.5, 0.6) is 0 Å². The largest absolute Gasteiger partial charge is 0.411 e. The van der Waals surface area contributed by atoms with Crippen molar-refractivity contribution in [3.05, 3.63) is 55.9 Å². The molecule has 1 aliphatic rings. The Kier molecular flexibility index (Phi) is 4.12. The van der Waals surface area contributed by atoms with Gasteiger partial charge in [0.2, 0.25) is 11.9 Å². The number of nitrogens with zero attached hydrogens (tertiary/aromatic N) is 3. The van der Waals surface area contributed by atoms with Crippen LogP contribution in [0.25, 0.3) is 0 Å². The third-order valence-corrected chi connectivity index (χ3v) is 4.19. The lowest BCUT2D eigenvalue weighted by Gasteiger charge is -2.31. The van der Waals surface area contributed by atoms with E-state index in [1.807, 2.05) is 0 Å². The summed E-state index contributed by atoms with van der Waals surface area (Å²) in [5.41, 5.74) is 5.18. The fourth-order valence-electron chi connectivity index (χ4n) is 3.08. The van der Waals surface area contributed by atoms with Crippen LogP contribution in [0, 0.1) is 16.0 Å². The van der Waals surface area contributed by atoms with Crippen molar-refractivity contribution in [2.24, 2.45) is 11.1 Å². The van der Waals surface area contributed by atoms with Crippen molar-refractivity contribution in [1.29, 1.82) is 0 Å². The van der Waals surface area contributed by atoms with Gasteiger partial charge in [0.05, 0.1) is 22.1 Å². The Balaban J connectivity index is 2.30. The molecular formula is C15H14N6O5. The van der Waals surface area contributed by atoms with Gasteiger partial charge in [-0.15, -0.1) is 0 Å². The Hall–Kier alpha value is -3.76. The maximum Gasteiger partial charge on any atom is 0.269 e. The molecule has 0 bridgehead atoms. The predicted molar refractivity (Wildman–Crippen MR) is 91.2 cm³/mol. The van der Waals surface area contributed by atoms with E-state index in [9.17, 15) is 19.7 Å². The highest BCUT2D eigenvalue weighted by Crippen LogP contribution is 2.39. The number of nitrogens with two attached hydrogens (primary N) is 1. The smallest absolute Gasteiger partial charge is 0.269 e. The number of nitrogens with one attached hydrogen (secondary N) is 2. The normalized spacial score (nSPS) is 19.6. The maximum absolute atomic E-state index is 12.6. The van der Waals surface area contributed by atoms with E-state index in [2.05, 4.69) is 20.4 Å². The number of carbonyl (C=O) groups excluding carboxylic acids is 1. The number of nitrogen functional groups attached to an aromatic ring is 1. The minimum absolute atomic E-state index is 0.0326. The monoisotopic (exact) mass is 358 g/mol. The zero-order valence-electron chi connectivity index (χ0n) is 13.5. The summed E-state index contributed by atoms with van der Waals surface area (Å²) in [5.74, 6) is -2.78. The van der Waals surface area contributed by atoms with E-state index in [1.165, 1.54) is 25.1 Å². The lowest BCUT2D eigenvalue weighted by molar-refractivity contribution is -0.384. The molecule has 134 valence electrons. The Bertz CT molecular complexity index is 998. The molecule has 2 heterocycles. The van der Waals surface area contributed by atoms with Crippen LogP contribution in [-0.2, 0) is 4.79 Å². The Morgan fingerprint density at radius 1 is 1.42 bits per heavy atom. The summed E-state index contributed by atoms with van der Waals surface area (Å²) >= 11 is 0. The Labute approximate surface area is 145 Å². The van der Waals surface area contributed by atoms with Gasteiger partial charge < -0.3 is 16.3 Å². The number of H-pyrrole nitrogens is 1. The molecule has 0 saturated carbocycles. The number of hydrogen-bond donors (Lipinski definition) is 4. The number of oxime groups is 1. The number of hydrogen-bond acceptors (Lipinski definition) is 8. The first-order valence-corrected chi connectivity index (χ1v) is 7.47. The van der Waals surface area contributed by atoms with Crippen molar-refractivity contribution in [3.8, 4) is 0 Å². The fourth-order valence-corrected chi connectivity index (χ4v) is 3.08. The van der Waals surface area contributed by atoms with Gasteiger partial charge in [0.15, 0.2) is 0 Å². The van der Waals surface area contributed by atoms with Gasteiger partial charge in [0.1, 0.15) is 5.82 Å². The third kappa shape index (κ3) is 2.75. The molecule has 0 unspecified atom stereocenters. The van der Waals surface area contributed by atoms with E-state index in [-0.39, 0.29) is 28.7 Å². The summed E-state index contributed by atoms with van der Waals surface area (Å²) in [5, 5.41) is 25.8. The lowest BCUT2D eigenvalue weighted by atomic mass is 9.76. The number of amides is 1. The molecule has 5 N–H and O–H groups in total. The molecule has 1 aromatic carbocycles. The number of nitro groups is 1. The van der Waals surface area contributed by atoms with E-state index in [0.717, 1.165) is 0 Å². The summed E-state index contributed by atoms with van der Waals surface area (Å²) in [4.78, 5) is 41.8. The molecule has 1 aliphatic heterocycles. The first-order valence-electron chi connectivity index (χ1n) is 7.47. The number of non-ortho nitro benzene ring substituents is 1. The maximum atomic E-state index is 12.6. The standard InChI is InChI=1S/C15H14N6O5/c1-6(20-24)9-10(7-3-2-4-8(5-7)21(25)26)11-12(17-13(9)22)18-15(16)19-14(11)23/h2-5,9-10,24H,1H3,(H4,16,17,18,19,22,23)/b20-6+/t9-,10-/m0/s1. The number of nitro benzene ring substituents is 1. The molecule has 2 atom stereocenters. The molecule has 2 aromatic rings. The van der Waals surface area contributed by atoms with Gasteiger partial charge in [0.25, 0.3) is 11.2 Å². The number of fused-ring (bicyclic) bond motifs is 1. The van der Waals surface area contributed by atoms with Crippen molar-refractivity contribution in [3.63, 3.8) is 0 Å². The van der Waals surface area contributed by atoms with Gasteiger partial charge in [0, 0.05) is 18.1 Å². The molecule has 0 radical (unpaired) electrons. The minimum Gasteiger partial charge on any atom is -0.411 e. The summed E-state index contributed by atoms with van der Waals surface area (Å²) < 4.78 is 0. The molecule has 11 nitrogen and oxygen atoms in total. The predicted octanol–water partition coefficient (Wildman–Crippen LogP) is 0.811. The van der Waals surface area contributed by atoms with Gasteiger partial charge in [-0.1, -0.05) is 17.3 Å². The van der Waals surface area contributed by atoms with Gasteiger partial charge in [-0.2, -0.15) is 4.98 Å². The first kappa shape index (κ1) is 17.1. The van der Waals surface area contributed by atoms with Crippen LogP contribution in [-0.4, -0.2) is 31.7 Å². The average molecular weight is 358 g/mol. The van der Waals surface area contributed by atoms with Crippen molar-refractivity contribution in [2.45, 2.75) is 12.8 Å². The molecular weight excluding hydrogens is 344 g/mol. The number of rotatable bonds is 3.